The summed E-state index contributed by atoms with van der Waals surface area (Å²) in [5.41, 5.74) is 2.03. The van der Waals surface area contributed by atoms with Gasteiger partial charge >= 0.3 is 0 Å². The molecule has 180 valence electrons. The van der Waals surface area contributed by atoms with Gasteiger partial charge in [0.1, 0.15) is 5.52 Å². The number of H-pyrrole nitrogens is 1. The minimum atomic E-state index is -0.410. The molecule has 0 spiro atoms. The van der Waals surface area contributed by atoms with E-state index in [-0.39, 0.29) is 34.5 Å². The van der Waals surface area contributed by atoms with Crippen LogP contribution in [0.1, 0.15) is 0 Å². The molecule has 0 saturated heterocycles. The standard InChI is InChI=1S/C27H20N2O7/c1-35-21-4-3-13(8-19(21)32)23-24-15-9-17(30)18(31)11-16(15)28-27(34)26(24)29-6-5-12-7-20(33)22(36-2)10-14(12)25(23)29/h3-11,30-33H,1-2H3,(H,28,34). The van der Waals surface area contributed by atoms with E-state index >= 15 is 0 Å². The van der Waals surface area contributed by atoms with Crippen LogP contribution in [0.5, 0.6) is 34.5 Å². The molecule has 0 aliphatic carbocycles. The van der Waals surface area contributed by atoms with Crippen LogP contribution in [-0.2, 0) is 0 Å². The fourth-order valence-corrected chi connectivity index (χ4v) is 4.93. The van der Waals surface area contributed by atoms with Crippen LogP contribution in [0.4, 0.5) is 0 Å². The van der Waals surface area contributed by atoms with Crippen molar-refractivity contribution in [2.24, 2.45) is 0 Å². The molecule has 0 bridgehead atoms. The van der Waals surface area contributed by atoms with E-state index in [1.54, 1.807) is 40.9 Å². The Bertz CT molecular complexity index is 1940. The van der Waals surface area contributed by atoms with E-state index in [0.29, 0.717) is 49.2 Å². The zero-order valence-corrected chi connectivity index (χ0v) is 19.2. The molecule has 9 heteroatoms. The smallest absolute Gasteiger partial charge is 0.273 e. The third-order valence-corrected chi connectivity index (χ3v) is 6.53. The van der Waals surface area contributed by atoms with Crippen LogP contribution in [0.25, 0.3) is 49.2 Å². The SMILES string of the molecule is COc1ccc(-c2c3c4cc(O)c(O)cc4[nH]c(=O)c3n3ccc4cc(O)c(OC)cc4c23)cc1O. The third kappa shape index (κ3) is 2.86. The van der Waals surface area contributed by atoms with Gasteiger partial charge in [-0.2, -0.15) is 0 Å². The predicted octanol–water partition coefficient (Wildman–Crippen LogP) is 4.59. The van der Waals surface area contributed by atoms with E-state index in [4.69, 9.17) is 9.47 Å². The number of phenols is 4. The third-order valence-electron chi connectivity index (χ3n) is 6.53. The zero-order valence-electron chi connectivity index (χ0n) is 19.2. The zero-order chi connectivity index (χ0) is 25.3. The van der Waals surface area contributed by atoms with Crippen molar-refractivity contribution in [3.05, 3.63) is 65.1 Å². The normalized spacial score (nSPS) is 11.6. The molecular formula is C27H20N2O7. The number of aromatic hydroxyl groups is 4. The Hall–Kier alpha value is -5.05. The lowest BCUT2D eigenvalue weighted by molar-refractivity contribution is 0.373. The molecule has 0 aliphatic heterocycles. The minimum absolute atomic E-state index is 0.0298. The van der Waals surface area contributed by atoms with E-state index < -0.39 is 5.56 Å². The molecule has 0 unspecified atom stereocenters. The molecule has 9 nitrogen and oxygen atoms in total. The summed E-state index contributed by atoms with van der Waals surface area (Å²) in [6, 6.07) is 12.6. The van der Waals surface area contributed by atoms with Crippen molar-refractivity contribution in [2.45, 2.75) is 0 Å². The number of pyridine rings is 2. The van der Waals surface area contributed by atoms with Crippen molar-refractivity contribution < 1.29 is 29.9 Å². The first kappa shape index (κ1) is 21.5. The summed E-state index contributed by atoms with van der Waals surface area (Å²) in [6.45, 7) is 0. The maximum atomic E-state index is 13.4. The van der Waals surface area contributed by atoms with E-state index in [1.807, 2.05) is 0 Å². The van der Waals surface area contributed by atoms with Crippen LogP contribution >= 0.6 is 0 Å². The summed E-state index contributed by atoms with van der Waals surface area (Å²) in [4.78, 5) is 16.2. The van der Waals surface area contributed by atoms with Gasteiger partial charge < -0.3 is 39.3 Å². The first-order valence-electron chi connectivity index (χ1n) is 10.9. The first-order chi connectivity index (χ1) is 17.3. The van der Waals surface area contributed by atoms with Gasteiger partial charge in [-0.15, -0.1) is 0 Å². The van der Waals surface area contributed by atoms with Crippen molar-refractivity contribution in [2.75, 3.05) is 14.2 Å². The summed E-state index contributed by atoms with van der Waals surface area (Å²) >= 11 is 0. The fraction of sp³-hybridized carbons (Fsp3) is 0.0741. The Balaban J connectivity index is 1.93. The molecule has 5 N–H and O–H groups in total. The predicted molar refractivity (Wildman–Crippen MR) is 136 cm³/mol. The Labute approximate surface area is 202 Å². The lowest BCUT2D eigenvalue weighted by Crippen LogP contribution is -2.08. The van der Waals surface area contributed by atoms with Crippen molar-refractivity contribution in [3.8, 4) is 45.6 Å². The highest BCUT2D eigenvalue weighted by Gasteiger charge is 2.23. The summed E-state index contributed by atoms with van der Waals surface area (Å²) < 4.78 is 12.3. The maximum Gasteiger partial charge on any atom is 0.273 e. The second-order valence-electron chi connectivity index (χ2n) is 8.47. The van der Waals surface area contributed by atoms with Gasteiger partial charge in [-0.1, -0.05) is 6.07 Å². The number of nitrogens with one attached hydrogen (secondary N) is 1. The van der Waals surface area contributed by atoms with Gasteiger partial charge in [-0.3, -0.25) is 4.79 Å². The van der Waals surface area contributed by atoms with Crippen molar-refractivity contribution >= 4 is 38.1 Å². The molecule has 0 atom stereocenters. The Morgan fingerprint density at radius 3 is 2.19 bits per heavy atom. The minimum Gasteiger partial charge on any atom is -0.504 e. The van der Waals surface area contributed by atoms with E-state index in [9.17, 15) is 25.2 Å². The number of nitrogens with zero attached hydrogens (tertiary/aromatic N) is 1. The first-order valence-corrected chi connectivity index (χ1v) is 10.9. The van der Waals surface area contributed by atoms with Crippen LogP contribution in [0.2, 0.25) is 0 Å². The number of rotatable bonds is 3. The molecule has 0 fully saturated rings. The molecule has 0 radical (unpaired) electrons. The highest BCUT2D eigenvalue weighted by molar-refractivity contribution is 6.22. The van der Waals surface area contributed by atoms with E-state index in [1.165, 1.54) is 32.4 Å². The number of aromatic nitrogens is 2. The van der Waals surface area contributed by atoms with Gasteiger partial charge in [0.2, 0.25) is 0 Å². The van der Waals surface area contributed by atoms with Gasteiger partial charge in [-0.05, 0) is 47.3 Å². The van der Waals surface area contributed by atoms with Gasteiger partial charge in [0.15, 0.2) is 34.5 Å². The van der Waals surface area contributed by atoms with Gasteiger partial charge in [-0.25, -0.2) is 0 Å². The van der Waals surface area contributed by atoms with Crippen molar-refractivity contribution in [1.82, 2.24) is 9.38 Å². The van der Waals surface area contributed by atoms with E-state index in [2.05, 4.69) is 4.98 Å². The van der Waals surface area contributed by atoms with Crippen LogP contribution < -0.4 is 15.0 Å². The molecule has 0 amide bonds. The number of fused-ring (bicyclic) bond motifs is 7. The quantitative estimate of drug-likeness (QED) is 0.232. The average molecular weight is 484 g/mol. The van der Waals surface area contributed by atoms with Crippen molar-refractivity contribution in [1.29, 1.82) is 0 Å². The average Bonchev–Trinajstić information content (AvgIpc) is 3.21. The monoisotopic (exact) mass is 484 g/mol. The highest BCUT2D eigenvalue weighted by atomic mass is 16.5. The number of benzene rings is 3. The molecule has 6 aromatic rings. The Morgan fingerprint density at radius 1 is 0.750 bits per heavy atom. The fourth-order valence-electron chi connectivity index (χ4n) is 4.93. The van der Waals surface area contributed by atoms with Gasteiger partial charge in [0.25, 0.3) is 5.56 Å². The lowest BCUT2D eigenvalue weighted by Gasteiger charge is -2.11. The number of ether oxygens (including phenoxy) is 2. The van der Waals surface area contributed by atoms with Crippen molar-refractivity contribution in [3.63, 3.8) is 0 Å². The molecule has 3 aromatic carbocycles. The second-order valence-corrected chi connectivity index (χ2v) is 8.47. The van der Waals surface area contributed by atoms with E-state index in [0.717, 1.165) is 0 Å². The molecule has 36 heavy (non-hydrogen) atoms. The van der Waals surface area contributed by atoms with Gasteiger partial charge in [0, 0.05) is 34.0 Å². The Morgan fingerprint density at radius 2 is 1.47 bits per heavy atom. The summed E-state index contributed by atoms with van der Waals surface area (Å²) in [5, 5.41) is 43.7. The molecule has 6 rings (SSSR count). The number of hydrogen-bond donors (Lipinski definition) is 5. The van der Waals surface area contributed by atoms with Crippen LogP contribution in [0.15, 0.2) is 59.5 Å². The summed E-state index contributed by atoms with van der Waals surface area (Å²) in [6.07, 6.45) is 1.72. The van der Waals surface area contributed by atoms with Gasteiger partial charge in [0.05, 0.1) is 25.3 Å². The number of aromatic amines is 1. The number of phenolic OH excluding ortho intramolecular Hbond substituents is 4. The topological polar surface area (TPSA) is 137 Å². The Kier molecular flexibility index (Phi) is 4.46. The second kappa shape index (κ2) is 7.47. The summed E-state index contributed by atoms with van der Waals surface area (Å²) in [7, 11) is 2.90. The van der Waals surface area contributed by atoms with Crippen LogP contribution in [0, 0.1) is 0 Å². The molecule has 0 aliphatic rings. The van der Waals surface area contributed by atoms with Crippen LogP contribution in [0.3, 0.4) is 0 Å². The highest BCUT2D eigenvalue weighted by Crippen LogP contribution is 2.45. The van der Waals surface area contributed by atoms with Crippen LogP contribution in [-0.4, -0.2) is 44.0 Å². The maximum absolute atomic E-state index is 13.4. The molecule has 3 aromatic heterocycles. The molecular weight excluding hydrogens is 464 g/mol. The number of methoxy groups -OCH3 is 2. The largest absolute Gasteiger partial charge is 0.504 e. The number of hydrogen-bond acceptors (Lipinski definition) is 7. The molecule has 0 saturated carbocycles. The summed E-state index contributed by atoms with van der Waals surface area (Å²) in [5.74, 6) is -0.286. The lowest BCUT2D eigenvalue weighted by atomic mass is 9.97. The molecule has 3 heterocycles.